The molecule has 1 aliphatic rings. The summed E-state index contributed by atoms with van der Waals surface area (Å²) in [5.74, 6) is -0.610. The summed E-state index contributed by atoms with van der Waals surface area (Å²) in [5, 5.41) is 2.97. The third kappa shape index (κ3) is 8.37. The number of ether oxygens (including phenoxy) is 1. The zero-order chi connectivity index (χ0) is 25.9. The van der Waals surface area contributed by atoms with E-state index in [-0.39, 0.29) is 30.6 Å². The molecule has 3 aromatic rings. The number of carbonyl (C=O) groups excluding carboxylic acids is 2. The van der Waals surface area contributed by atoms with Crippen molar-refractivity contribution < 1.29 is 18.7 Å². The van der Waals surface area contributed by atoms with Gasteiger partial charge in [0, 0.05) is 37.9 Å². The number of amides is 2. The number of rotatable bonds is 10. The van der Waals surface area contributed by atoms with Crippen LogP contribution < -0.4 is 10.2 Å². The number of hydrogen-bond donors (Lipinski definition) is 1. The highest BCUT2D eigenvalue weighted by molar-refractivity contribution is 6.03. The van der Waals surface area contributed by atoms with E-state index >= 15 is 0 Å². The smallest absolute Gasteiger partial charge is 0.251 e. The molecule has 1 saturated heterocycles. The molecule has 6 nitrogen and oxygen atoms in total. The number of nitrogens with zero attached hydrogens (tertiary/aromatic N) is 2. The van der Waals surface area contributed by atoms with Crippen LogP contribution >= 0.6 is 0 Å². The lowest BCUT2D eigenvalue weighted by molar-refractivity contribution is -0.120. The van der Waals surface area contributed by atoms with E-state index in [0.717, 1.165) is 44.0 Å². The van der Waals surface area contributed by atoms with Crippen molar-refractivity contribution in [3.8, 4) is 0 Å². The van der Waals surface area contributed by atoms with Gasteiger partial charge in [-0.05, 0) is 47.0 Å². The van der Waals surface area contributed by atoms with Crippen molar-refractivity contribution in [2.45, 2.75) is 13.0 Å². The molecule has 37 heavy (non-hydrogen) atoms. The van der Waals surface area contributed by atoms with E-state index in [9.17, 15) is 14.0 Å². The minimum absolute atomic E-state index is 0.0421. The molecular formula is C30H32FN3O3. The van der Waals surface area contributed by atoms with E-state index in [1.807, 2.05) is 54.6 Å². The Hall–Kier alpha value is -3.81. The standard InChI is InChI=1S/C30H32FN3O3/c31-27-8-4-7-26(21-27)23-34(30(36)14-11-24-5-2-1-3-6-24)28-12-9-25(10-13-28)22-29(35)32-15-16-33-17-19-37-20-18-33/h1-14,21H,15-20,22-23H2,(H,32,35)/b14-11+. The number of carbonyl (C=O) groups is 2. The van der Waals surface area contributed by atoms with Crippen LogP contribution in [0, 0.1) is 5.82 Å². The van der Waals surface area contributed by atoms with Crippen molar-refractivity contribution in [1.82, 2.24) is 10.2 Å². The van der Waals surface area contributed by atoms with Crippen molar-refractivity contribution >= 4 is 23.6 Å². The first-order chi connectivity index (χ1) is 18.1. The number of hydrogen-bond acceptors (Lipinski definition) is 4. The van der Waals surface area contributed by atoms with Crippen LogP contribution in [-0.4, -0.2) is 56.1 Å². The molecule has 0 aromatic heterocycles. The number of nitrogens with one attached hydrogen (secondary N) is 1. The Bertz CT molecular complexity index is 1190. The summed E-state index contributed by atoms with van der Waals surface area (Å²) in [6, 6.07) is 23.2. The summed E-state index contributed by atoms with van der Waals surface area (Å²) >= 11 is 0. The third-order valence-corrected chi connectivity index (χ3v) is 6.18. The molecule has 0 saturated carbocycles. The topological polar surface area (TPSA) is 61.9 Å². The van der Waals surface area contributed by atoms with Crippen LogP contribution in [0.4, 0.5) is 10.1 Å². The Morgan fingerprint density at radius 3 is 2.43 bits per heavy atom. The fraction of sp³-hybridized carbons (Fsp3) is 0.267. The second-order valence-electron chi connectivity index (χ2n) is 8.95. The maximum absolute atomic E-state index is 13.8. The summed E-state index contributed by atoms with van der Waals surface area (Å²) < 4.78 is 19.1. The highest BCUT2D eigenvalue weighted by Gasteiger charge is 2.15. The lowest BCUT2D eigenvalue weighted by atomic mass is 10.1. The van der Waals surface area contributed by atoms with Gasteiger partial charge in [0.2, 0.25) is 5.91 Å². The molecule has 0 unspecified atom stereocenters. The summed E-state index contributed by atoms with van der Waals surface area (Å²) in [5.41, 5.74) is 3.12. The monoisotopic (exact) mass is 501 g/mol. The Balaban J connectivity index is 1.40. The van der Waals surface area contributed by atoms with Gasteiger partial charge in [-0.1, -0.05) is 54.6 Å². The molecule has 0 spiro atoms. The van der Waals surface area contributed by atoms with Gasteiger partial charge in [-0.3, -0.25) is 14.5 Å². The van der Waals surface area contributed by atoms with Crippen LogP contribution in [0.15, 0.2) is 84.9 Å². The maximum atomic E-state index is 13.8. The first-order valence-corrected chi connectivity index (χ1v) is 12.5. The molecule has 192 valence electrons. The minimum atomic E-state index is -0.347. The third-order valence-electron chi connectivity index (χ3n) is 6.18. The Labute approximate surface area is 217 Å². The van der Waals surface area contributed by atoms with Crippen LogP contribution in [-0.2, 0) is 27.3 Å². The molecule has 1 N–H and O–H groups in total. The normalized spacial score (nSPS) is 14.0. The predicted octanol–water partition coefficient (Wildman–Crippen LogP) is 4.06. The first kappa shape index (κ1) is 26.3. The number of morpholine rings is 1. The van der Waals surface area contributed by atoms with Gasteiger partial charge in [-0.25, -0.2) is 4.39 Å². The molecule has 1 aliphatic heterocycles. The lowest BCUT2D eigenvalue weighted by Crippen LogP contribution is -2.41. The van der Waals surface area contributed by atoms with Crippen molar-refractivity contribution in [3.63, 3.8) is 0 Å². The van der Waals surface area contributed by atoms with Gasteiger partial charge >= 0.3 is 0 Å². The minimum Gasteiger partial charge on any atom is -0.379 e. The van der Waals surface area contributed by atoms with Gasteiger partial charge < -0.3 is 15.0 Å². The molecule has 4 rings (SSSR count). The number of benzene rings is 3. The van der Waals surface area contributed by atoms with Crippen LogP contribution in [0.3, 0.4) is 0 Å². The molecule has 7 heteroatoms. The molecule has 0 atom stereocenters. The van der Waals surface area contributed by atoms with Crippen LogP contribution in [0.2, 0.25) is 0 Å². The Kier molecular flexibility index (Phi) is 9.57. The van der Waals surface area contributed by atoms with Crippen molar-refractivity contribution in [2.75, 3.05) is 44.3 Å². The van der Waals surface area contributed by atoms with Crippen molar-refractivity contribution in [1.29, 1.82) is 0 Å². The van der Waals surface area contributed by atoms with Crippen molar-refractivity contribution in [2.24, 2.45) is 0 Å². The average molecular weight is 502 g/mol. The van der Waals surface area contributed by atoms with Crippen LogP contribution in [0.1, 0.15) is 16.7 Å². The number of anilines is 1. The van der Waals surface area contributed by atoms with Crippen molar-refractivity contribution in [3.05, 3.63) is 107 Å². The largest absolute Gasteiger partial charge is 0.379 e. The quantitative estimate of drug-likeness (QED) is 0.426. The zero-order valence-corrected chi connectivity index (χ0v) is 20.8. The molecule has 1 fully saturated rings. The van der Waals surface area contributed by atoms with Gasteiger partial charge in [0.05, 0.1) is 26.2 Å². The summed E-state index contributed by atoms with van der Waals surface area (Å²) in [7, 11) is 0. The molecule has 0 bridgehead atoms. The van der Waals surface area contributed by atoms with Gasteiger partial charge in [-0.2, -0.15) is 0 Å². The van der Waals surface area contributed by atoms with Gasteiger partial charge in [0.15, 0.2) is 0 Å². The van der Waals surface area contributed by atoms with E-state index < -0.39 is 0 Å². The van der Waals surface area contributed by atoms with Crippen LogP contribution in [0.25, 0.3) is 6.08 Å². The highest BCUT2D eigenvalue weighted by Crippen LogP contribution is 2.20. The van der Waals surface area contributed by atoms with Gasteiger partial charge in [-0.15, -0.1) is 0 Å². The average Bonchev–Trinajstić information content (AvgIpc) is 2.92. The van der Waals surface area contributed by atoms with Gasteiger partial charge in [0.1, 0.15) is 5.82 Å². The fourth-order valence-corrected chi connectivity index (χ4v) is 4.16. The molecule has 3 aromatic carbocycles. The highest BCUT2D eigenvalue weighted by atomic mass is 19.1. The molecule has 0 aliphatic carbocycles. The molecule has 1 heterocycles. The van der Waals surface area contributed by atoms with Crippen LogP contribution in [0.5, 0.6) is 0 Å². The molecular weight excluding hydrogens is 469 g/mol. The second kappa shape index (κ2) is 13.5. The lowest BCUT2D eigenvalue weighted by Gasteiger charge is -2.26. The summed E-state index contributed by atoms with van der Waals surface area (Å²) in [4.78, 5) is 29.5. The van der Waals surface area contributed by atoms with E-state index in [4.69, 9.17) is 4.74 Å². The summed E-state index contributed by atoms with van der Waals surface area (Å²) in [6.07, 6.45) is 3.54. The maximum Gasteiger partial charge on any atom is 0.251 e. The van der Waals surface area contributed by atoms with Gasteiger partial charge in [0.25, 0.3) is 5.91 Å². The number of halogens is 1. The zero-order valence-electron chi connectivity index (χ0n) is 20.8. The molecule has 2 amide bonds. The Morgan fingerprint density at radius 1 is 0.946 bits per heavy atom. The summed E-state index contributed by atoms with van der Waals surface area (Å²) in [6.45, 7) is 4.88. The molecule has 0 radical (unpaired) electrons. The Morgan fingerprint density at radius 2 is 1.70 bits per heavy atom. The van der Waals surface area contributed by atoms with E-state index in [2.05, 4.69) is 10.2 Å². The predicted molar refractivity (Wildman–Crippen MR) is 143 cm³/mol. The SMILES string of the molecule is O=C(Cc1ccc(N(Cc2cccc(F)c2)C(=O)/C=C/c2ccccc2)cc1)NCCN1CCOCC1. The first-order valence-electron chi connectivity index (χ1n) is 12.5. The van der Waals surface area contributed by atoms with E-state index in [0.29, 0.717) is 17.8 Å². The fourth-order valence-electron chi connectivity index (χ4n) is 4.16. The van der Waals surface area contributed by atoms with E-state index in [1.165, 1.54) is 18.2 Å². The van der Waals surface area contributed by atoms with E-state index in [1.54, 1.807) is 23.1 Å². The second-order valence-corrected chi connectivity index (χ2v) is 8.95.